The fourth-order valence-electron chi connectivity index (χ4n) is 2.03. The molecule has 2 rings (SSSR count). The van der Waals surface area contributed by atoms with Gasteiger partial charge in [0.1, 0.15) is 0 Å². The van der Waals surface area contributed by atoms with Crippen molar-refractivity contribution < 1.29 is 4.79 Å². The van der Waals surface area contributed by atoms with Crippen LogP contribution in [0.2, 0.25) is 0 Å². The van der Waals surface area contributed by atoms with Crippen LogP contribution < -0.4 is 10.6 Å². The van der Waals surface area contributed by atoms with Crippen LogP contribution in [0.4, 0.5) is 10.5 Å². The van der Waals surface area contributed by atoms with E-state index in [1.807, 2.05) is 48.7 Å². The number of aromatic nitrogens is 1. The normalized spacial score (nSPS) is 10.3. The van der Waals surface area contributed by atoms with E-state index in [0.29, 0.717) is 0 Å². The number of nitrogens with zero attached hydrogens (tertiary/aromatic N) is 1. The van der Waals surface area contributed by atoms with Crippen LogP contribution in [-0.4, -0.2) is 17.6 Å². The number of pyridine rings is 1. The molecule has 1 heterocycles. The third kappa shape index (κ3) is 6.74. The van der Waals surface area contributed by atoms with E-state index in [1.54, 1.807) is 11.8 Å². The Morgan fingerprint density at radius 3 is 2.65 bits per heavy atom. The summed E-state index contributed by atoms with van der Waals surface area (Å²) in [5.74, 6) is 0.839. The maximum Gasteiger partial charge on any atom is 0.319 e. The van der Waals surface area contributed by atoms with Crippen molar-refractivity contribution in [1.29, 1.82) is 0 Å². The first kappa shape index (κ1) is 17.3. The molecule has 4 nitrogen and oxygen atoms in total. The van der Waals surface area contributed by atoms with Crippen LogP contribution in [0.5, 0.6) is 0 Å². The SMILES string of the molecule is CCCCCNC(=O)Nc1ccc(SCc2ccccn2)cc1. The molecule has 2 aromatic rings. The largest absolute Gasteiger partial charge is 0.338 e. The number of urea groups is 1. The van der Waals surface area contributed by atoms with Gasteiger partial charge in [-0.25, -0.2) is 4.79 Å². The van der Waals surface area contributed by atoms with Gasteiger partial charge < -0.3 is 10.6 Å². The first-order chi connectivity index (χ1) is 11.3. The van der Waals surface area contributed by atoms with Gasteiger partial charge in [-0.2, -0.15) is 0 Å². The smallest absolute Gasteiger partial charge is 0.319 e. The first-order valence-corrected chi connectivity index (χ1v) is 8.94. The minimum absolute atomic E-state index is 0.144. The highest BCUT2D eigenvalue weighted by Crippen LogP contribution is 2.23. The van der Waals surface area contributed by atoms with E-state index in [-0.39, 0.29) is 6.03 Å². The zero-order valence-electron chi connectivity index (χ0n) is 13.4. The van der Waals surface area contributed by atoms with E-state index >= 15 is 0 Å². The van der Waals surface area contributed by atoms with Gasteiger partial charge in [-0.3, -0.25) is 4.98 Å². The molecule has 0 aliphatic heterocycles. The Labute approximate surface area is 142 Å². The van der Waals surface area contributed by atoms with Crippen molar-refractivity contribution >= 4 is 23.5 Å². The van der Waals surface area contributed by atoms with Crippen LogP contribution in [0, 0.1) is 0 Å². The second kappa shape index (κ2) is 9.90. The average Bonchev–Trinajstić information content (AvgIpc) is 2.59. The van der Waals surface area contributed by atoms with Crippen LogP contribution in [0.3, 0.4) is 0 Å². The lowest BCUT2D eigenvalue weighted by atomic mass is 10.2. The van der Waals surface area contributed by atoms with Crippen LogP contribution in [-0.2, 0) is 5.75 Å². The molecule has 0 saturated heterocycles. The number of hydrogen-bond donors (Lipinski definition) is 2. The van der Waals surface area contributed by atoms with Crippen LogP contribution in [0.15, 0.2) is 53.6 Å². The standard InChI is InChI=1S/C18H23N3OS/c1-2-3-5-13-20-18(22)21-15-8-10-17(11-9-15)23-14-16-7-4-6-12-19-16/h4,6-12H,2-3,5,13-14H2,1H3,(H2,20,21,22). The van der Waals surface area contributed by atoms with E-state index in [9.17, 15) is 4.79 Å². The number of unbranched alkanes of at least 4 members (excludes halogenated alkanes) is 2. The number of anilines is 1. The number of benzene rings is 1. The second-order valence-corrected chi connectivity index (χ2v) is 6.27. The van der Waals surface area contributed by atoms with Gasteiger partial charge in [0.05, 0.1) is 5.69 Å². The van der Waals surface area contributed by atoms with Crippen LogP contribution in [0.1, 0.15) is 31.9 Å². The molecule has 0 unspecified atom stereocenters. The average molecular weight is 329 g/mol. The quantitative estimate of drug-likeness (QED) is 0.546. The summed E-state index contributed by atoms with van der Waals surface area (Å²) in [5.41, 5.74) is 1.87. The van der Waals surface area contributed by atoms with Gasteiger partial charge in [0.25, 0.3) is 0 Å². The highest BCUT2D eigenvalue weighted by Gasteiger charge is 2.02. The number of rotatable bonds is 8. The molecular formula is C18H23N3OS. The van der Waals surface area contributed by atoms with Crippen molar-refractivity contribution in [3.05, 3.63) is 54.4 Å². The number of carbonyl (C=O) groups is 1. The Bertz CT molecular complexity index is 587. The third-order valence-electron chi connectivity index (χ3n) is 3.29. The third-order valence-corrected chi connectivity index (χ3v) is 4.34. The molecule has 0 saturated carbocycles. The predicted molar refractivity (Wildman–Crippen MR) is 96.8 cm³/mol. The molecule has 2 amide bonds. The molecule has 0 atom stereocenters. The van der Waals surface area contributed by atoms with Gasteiger partial charge in [-0.05, 0) is 42.8 Å². The van der Waals surface area contributed by atoms with E-state index in [2.05, 4.69) is 22.5 Å². The minimum Gasteiger partial charge on any atom is -0.338 e. The van der Waals surface area contributed by atoms with Crippen LogP contribution >= 0.6 is 11.8 Å². The fourth-order valence-corrected chi connectivity index (χ4v) is 2.84. The van der Waals surface area contributed by atoms with Gasteiger partial charge >= 0.3 is 6.03 Å². The molecule has 1 aromatic heterocycles. The van der Waals surface area contributed by atoms with Crippen molar-refractivity contribution in [3.8, 4) is 0 Å². The van der Waals surface area contributed by atoms with Crippen molar-refractivity contribution in [2.45, 2.75) is 36.8 Å². The summed E-state index contributed by atoms with van der Waals surface area (Å²) in [4.78, 5) is 17.2. The lowest BCUT2D eigenvalue weighted by Gasteiger charge is -2.08. The van der Waals surface area contributed by atoms with Crippen molar-refractivity contribution in [1.82, 2.24) is 10.3 Å². The van der Waals surface area contributed by atoms with E-state index in [0.717, 1.165) is 47.8 Å². The number of nitrogens with one attached hydrogen (secondary N) is 2. The van der Waals surface area contributed by atoms with E-state index < -0.39 is 0 Å². The predicted octanol–water partition coefficient (Wildman–Crippen LogP) is 4.69. The molecule has 0 radical (unpaired) electrons. The molecule has 0 aliphatic carbocycles. The fraction of sp³-hybridized carbons (Fsp3) is 0.333. The number of carbonyl (C=O) groups excluding carboxylic acids is 1. The van der Waals surface area contributed by atoms with Gasteiger partial charge in [0.15, 0.2) is 0 Å². The first-order valence-electron chi connectivity index (χ1n) is 7.95. The molecule has 0 fully saturated rings. The highest BCUT2D eigenvalue weighted by atomic mass is 32.2. The zero-order valence-corrected chi connectivity index (χ0v) is 14.2. The van der Waals surface area contributed by atoms with Gasteiger partial charge in [0.2, 0.25) is 0 Å². The van der Waals surface area contributed by atoms with Crippen molar-refractivity contribution in [2.75, 3.05) is 11.9 Å². The van der Waals surface area contributed by atoms with E-state index in [1.165, 1.54) is 0 Å². The van der Waals surface area contributed by atoms with Gasteiger partial charge in [0, 0.05) is 29.1 Å². The molecule has 1 aromatic carbocycles. The Balaban J connectivity index is 1.74. The topological polar surface area (TPSA) is 54.0 Å². The summed E-state index contributed by atoms with van der Waals surface area (Å²) in [6, 6.07) is 13.7. The molecular weight excluding hydrogens is 306 g/mol. The Morgan fingerprint density at radius 2 is 1.96 bits per heavy atom. The van der Waals surface area contributed by atoms with Crippen LogP contribution in [0.25, 0.3) is 0 Å². The Kier molecular flexibility index (Phi) is 7.46. The number of hydrogen-bond acceptors (Lipinski definition) is 3. The summed E-state index contributed by atoms with van der Waals surface area (Å²) in [5, 5.41) is 5.71. The summed E-state index contributed by atoms with van der Waals surface area (Å²) < 4.78 is 0. The lowest BCUT2D eigenvalue weighted by Crippen LogP contribution is -2.29. The van der Waals surface area contributed by atoms with E-state index in [4.69, 9.17) is 0 Å². The molecule has 5 heteroatoms. The minimum atomic E-state index is -0.144. The number of thioether (sulfide) groups is 1. The maximum atomic E-state index is 11.7. The molecule has 0 spiro atoms. The molecule has 23 heavy (non-hydrogen) atoms. The number of amides is 2. The molecule has 0 bridgehead atoms. The lowest BCUT2D eigenvalue weighted by molar-refractivity contribution is 0.252. The molecule has 2 N–H and O–H groups in total. The molecule has 122 valence electrons. The summed E-state index contributed by atoms with van der Waals surface area (Å²) >= 11 is 1.73. The van der Waals surface area contributed by atoms with Crippen molar-refractivity contribution in [2.24, 2.45) is 0 Å². The summed E-state index contributed by atoms with van der Waals surface area (Å²) in [7, 11) is 0. The second-order valence-electron chi connectivity index (χ2n) is 5.22. The molecule has 0 aliphatic rings. The van der Waals surface area contributed by atoms with Gasteiger partial charge in [-0.15, -0.1) is 11.8 Å². The maximum absolute atomic E-state index is 11.7. The van der Waals surface area contributed by atoms with Crippen molar-refractivity contribution in [3.63, 3.8) is 0 Å². The van der Waals surface area contributed by atoms with Gasteiger partial charge in [-0.1, -0.05) is 25.8 Å². The highest BCUT2D eigenvalue weighted by molar-refractivity contribution is 7.98. The Hall–Kier alpha value is -2.01. The Morgan fingerprint density at radius 1 is 1.13 bits per heavy atom. The monoisotopic (exact) mass is 329 g/mol. The summed E-state index contributed by atoms with van der Waals surface area (Å²) in [6.07, 6.45) is 5.12. The zero-order chi connectivity index (χ0) is 16.3. The summed E-state index contributed by atoms with van der Waals surface area (Å²) in [6.45, 7) is 2.87.